The predicted octanol–water partition coefficient (Wildman–Crippen LogP) is 3.79. The molecule has 2 aromatic heterocycles. The first kappa shape index (κ1) is 21.7. The number of sulfone groups is 1. The summed E-state index contributed by atoms with van der Waals surface area (Å²) >= 11 is 0. The van der Waals surface area contributed by atoms with Crippen molar-refractivity contribution in [3.05, 3.63) is 65.6 Å². The van der Waals surface area contributed by atoms with E-state index in [0.717, 1.165) is 6.07 Å². The number of aryl methyl sites for hydroxylation is 2. The van der Waals surface area contributed by atoms with E-state index < -0.39 is 32.1 Å². The number of benzene rings is 2. The number of nitrogens with two attached hydrogens (primary N) is 1. The van der Waals surface area contributed by atoms with Gasteiger partial charge in [0.1, 0.15) is 40.1 Å². The molecule has 2 N–H and O–H groups in total. The van der Waals surface area contributed by atoms with E-state index in [1.54, 1.807) is 24.7 Å². The summed E-state index contributed by atoms with van der Waals surface area (Å²) in [7, 11) is -1.09. The highest BCUT2D eigenvalue weighted by Crippen LogP contribution is 2.35. The van der Waals surface area contributed by atoms with Gasteiger partial charge in [-0.2, -0.15) is 0 Å². The van der Waals surface area contributed by atoms with Crippen LogP contribution >= 0.6 is 0 Å². The first-order chi connectivity index (χ1) is 15.1. The Bertz CT molecular complexity index is 1470. The predicted molar refractivity (Wildman–Crippen MR) is 117 cm³/mol. The molecule has 32 heavy (non-hydrogen) atoms. The molecule has 0 fully saturated rings. The van der Waals surface area contributed by atoms with Gasteiger partial charge in [-0.05, 0) is 18.6 Å². The van der Waals surface area contributed by atoms with Crippen molar-refractivity contribution >= 4 is 26.7 Å². The van der Waals surface area contributed by atoms with Crippen LogP contribution in [0.4, 0.5) is 14.6 Å². The number of methoxy groups -OCH3 is 1. The van der Waals surface area contributed by atoms with Crippen LogP contribution in [-0.4, -0.2) is 30.1 Å². The smallest absolute Gasteiger partial charge is 0.185 e. The second-order valence-electron chi connectivity index (χ2n) is 7.40. The largest absolute Gasteiger partial charge is 0.496 e. The lowest BCUT2D eigenvalue weighted by Crippen LogP contribution is -2.10. The van der Waals surface area contributed by atoms with Gasteiger partial charge in [-0.15, -0.1) is 0 Å². The van der Waals surface area contributed by atoms with E-state index in [4.69, 9.17) is 10.5 Å². The molecule has 0 aliphatic rings. The van der Waals surface area contributed by atoms with Gasteiger partial charge in [-0.1, -0.05) is 18.2 Å². The summed E-state index contributed by atoms with van der Waals surface area (Å²) in [5.74, 6) is -2.00. The number of rotatable bonds is 5. The van der Waals surface area contributed by atoms with Gasteiger partial charge in [0.2, 0.25) is 0 Å². The highest BCUT2D eigenvalue weighted by Gasteiger charge is 2.25. The van der Waals surface area contributed by atoms with E-state index in [9.17, 15) is 12.8 Å². The number of ether oxygens (including phenoxy) is 1. The minimum Gasteiger partial charge on any atom is -0.496 e. The van der Waals surface area contributed by atoms with Crippen molar-refractivity contribution in [2.24, 2.45) is 7.05 Å². The molecule has 4 rings (SSSR count). The van der Waals surface area contributed by atoms with E-state index in [-0.39, 0.29) is 22.7 Å². The molecular formula is C22H20F2N4O3S. The number of hydrogen-bond donors (Lipinski definition) is 1. The van der Waals surface area contributed by atoms with Crippen LogP contribution in [0, 0.1) is 18.6 Å². The van der Waals surface area contributed by atoms with Gasteiger partial charge in [0.15, 0.2) is 9.84 Å². The van der Waals surface area contributed by atoms with Crippen LogP contribution in [0.3, 0.4) is 0 Å². The standard InChI is InChI=1S/C22H20F2N4O3S/c1-12-7-18(16(23)8-17(12)31-3)32(29,30)10-13-5-4-6-14(20(13)24)15-9-28(2)22-19(15)21(25)26-11-27-22/h4-9,11H,10H2,1-3H3,(H2,25,26,27). The summed E-state index contributed by atoms with van der Waals surface area (Å²) in [4.78, 5) is 7.63. The second kappa shape index (κ2) is 7.86. The molecule has 2 heterocycles. The third kappa shape index (κ3) is 3.56. The topological polar surface area (TPSA) is 100 Å². The van der Waals surface area contributed by atoms with Gasteiger partial charge < -0.3 is 15.0 Å². The molecule has 0 bridgehead atoms. The van der Waals surface area contributed by atoms with Gasteiger partial charge in [0.05, 0.1) is 18.2 Å². The number of nitrogen functional groups attached to an aromatic ring is 1. The highest BCUT2D eigenvalue weighted by molar-refractivity contribution is 7.90. The molecule has 0 saturated carbocycles. The van der Waals surface area contributed by atoms with Gasteiger partial charge in [-0.25, -0.2) is 27.2 Å². The average molecular weight is 458 g/mol. The molecule has 7 nitrogen and oxygen atoms in total. The Balaban J connectivity index is 1.81. The number of anilines is 1. The molecule has 2 aromatic carbocycles. The van der Waals surface area contributed by atoms with Crippen LogP contribution in [0.5, 0.6) is 5.75 Å². The van der Waals surface area contributed by atoms with Gasteiger partial charge >= 0.3 is 0 Å². The fourth-order valence-corrected chi connectivity index (χ4v) is 5.22. The normalized spacial score (nSPS) is 11.8. The number of halogens is 2. The maximum Gasteiger partial charge on any atom is 0.185 e. The minimum atomic E-state index is -4.18. The van der Waals surface area contributed by atoms with Crippen LogP contribution in [0.2, 0.25) is 0 Å². The molecule has 0 radical (unpaired) electrons. The molecular weight excluding hydrogens is 438 g/mol. The van der Waals surface area contributed by atoms with Crippen molar-refractivity contribution in [3.63, 3.8) is 0 Å². The third-order valence-corrected chi connectivity index (χ3v) is 6.96. The van der Waals surface area contributed by atoms with E-state index in [2.05, 4.69) is 9.97 Å². The van der Waals surface area contributed by atoms with Crippen LogP contribution in [0.25, 0.3) is 22.2 Å². The summed E-state index contributed by atoms with van der Waals surface area (Å²) in [6.07, 6.45) is 2.96. The Kier molecular flexibility index (Phi) is 5.33. The quantitative estimate of drug-likeness (QED) is 0.489. The van der Waals surface area contributed by atoms with Crippen molar-refractivity contribution in [3.8, 4) is 16.9 Å². The first-order valence-corrected chi connectivity index (χ1v) is 11.2. The van der Waals surface area contributed by atoms with Crippen molar-refractivity contribution in [1.29, 1.82) is 0 Å². The van der Waals surface area contributed by atoms with Gasteiger partial charge in [-0.3, -0.25) is 0 Å². The summed E-state index contributed by atoms with van der Waals surface area (Å²) in [6.45, 7) is 1.60. The zero-order valence-corrected chi connectivity index (χ0v) is 18.4. The molecule has 4 aromatic rings. The minimum absolute atomic E-state index is 0.0946. The molecule has 0 aliphatic carbocycles. The highest BCUT2D eigenvalue weighted by atomic mass is 32.2. The maximum absolute atomic E-state index is 15.5. The number of fused-ring (bicyclic) bond motifs is 1. The second-order valence-corrected chi connectivity index (χ2v) is 9.36. The Morgan fingerprint density at radius 1 is 1.16 bits per heavy atom. The monoisotopic (exact) mass is 458 g/mol. The molecule has 0 aliphatic heterocycles. The van der Waals surface area contributed by atoms with Crippen molar-refractivity contribution in [2.75, 3.05) is 12.8 Å². The fourth-order valence-electron chi connectivity index (χ4n) is 3.72. The van der Waals surface area contributed by atoms with Gasteiger partial charge in [0.25, 0.3) is 0 Å². The Hall–Kier alpha value is -3.53. The fraction of sp³-hybridized carbons (Fsp3) is 0.182. The average Bonchev–Trinajstić information content (AvgIpc) is 3.08. The number of hydrogen-bond acceptors (Lipinski definition) is 6. The van der Waals surface area contributed by atoms with E-state index in [0.29, 0.717) is 22.2 Å². The molecule has 166 valence electrons. The van der Waals surface area contributed by atoms with Crippen molar-refractivity contribution in [2.45, 2.75) is 17.6 Å². The Morgan fingerprint density at radius 3 is 2.62 bits per heavy atom. The molecule has 0 amide bonds. The van der Waals surface area contributed by atoms with E-state index in [1.165, 1.54) is 37.7 Å². The Labute approximate surface area is 183 Å². The number of aromatic nitrogens is 3. The molecule has 0 unspecified atom stereocenters. The lowest BCUT2D eigenvalue weighted by atomic mass is 10.0. The molecule has 0 atom stereocenters. The molecule has 0 spiro atoms. The van der Waals surface area contributed by atoms with Crippen LogP contribution in [0.15, 0.2) is 47.8 Å². The third-order valence-electron chi connectivity index (χ3n) is 5.28. The van der Waals surface area contributed by atoms with E-state index in [1.807, 2.05) is 0 Å². The summed E-state index contributed by atoms with van der Waals surface area (Å²) in [5.41, 5.74) is 7.45. The van der Waals surface area contributed by atoms with Gasteiger partial charge in [0, 0.05) is 36.0 Å². The lowest BCUT2D eigenvalue weighted by Gasteiger charge is -2.12. The zero-order chi connectivity index (χ0) is 23.2. The number of nitrogens with zero attached hydrogens (tertiary/aromatic N) is 3. The lowest BCUT2D eigenvalue weighted by molar-refractivity contribution is 0.406. The van der Waals surface area contributed by atoms with E-state index >= 15 is 4.39 Å². The van der Waals surface area contributed by atoms with Crippen molar-refractivity contribution in [1.82, 2.24) is 14.5 Å². The molecule has 0 saturated heterocycles. The SMILES string of the molecule is COc1cc(F)c(S(=O)(=O)Cc2cccc(-c3cn(C)c4ncnc(N)c34)c2F)cc1C. The zero-order valence-electron chi connectivity index (χ0n) is 17.6. The van der Waals surface area contributed by atoms with Crippen molar-refractivity contribution < 1.29 is 21.9 Å². The van der Waals surface area contributed by atoms with Crippen LogP contribution in [0.1, 0.15) is 11.1 Å². The molecule has 10 heteroatoms. The van der Waals surface area contributed by atoms with Crippen LogP contribution in [-0.2, 0) is 22.6 Å². The van der Waals surface area contributed by atoms with Crippen LogP contribution < -0.4 is 10.5 Å². The first-order valence-electron chi connectivity index (χ1n) is 9.54. The summed E-state index contributed by atoms with van der Waals surface area (Å²) < 4.78 is 62.6. The Morgan fingerprint density at radius 2 is 1.91 bits per heavy atom. The maximum atomic E-state index is 15.5. The summed E-state index contributed by atoms with van der Waals surface area (Å²) in [5, 5.41) is 0.464. The summed E-state index contributed by atoms with van der Waals surface area (Å²) in [6, 6.07) is 6.61.